The molecule has 4 rings (SSSR count). The SMILES string of the molecule is CCCC1CSC(Nc2ccc(CCNc3nc4ccc(OC)cc4s3)cc2)=N1. The molecule has 0 aliphatic carbocycles. The molecule has 152 valence electrons. The monoisotopic (exact) mass is 426 g/mol. The van der Waals surface area contributed by atoms with E-state index in [0.717, 1.165) is 50.7 Å². The molecule has 1 aliphatic rings. The highest BCUT2D eigenvalue weighted by Gasteiger charge is 2.17. The second-order valence-electron chi connectivity index (χ2n) is 7.04. The smallest absolute Gasteiger partial charge is 0.183 e. The minimum Gasteiger partial charge on any atom is -0.497 e. The number of ether oxygens (including phenoxy) is 1. The number of hydrogen-bond donors (Lipinski definition) is 2. The van der Waals surface area contributed by atoms with E-state index in [4.69, 9.17) is 9.73 Å². The van der Waals surface area contributed by atoms with Gasteiger partial charge in [-0.25, -0.2) is 4.98 Å². The summed E-state index contributed by atoms with van der Waals surface area (Å²) in [4.78, 5) is 9.39. The summed E-state index contributed by atoms with van der Waals surface area (Å²) in [6.45, 7) is 3.07. The van der Waals surface area contributed by atoms with Gasteiger partial charge in [0.15, 0.2) is 10.3 Å². The molecule has 5 nitrogen and oxygen atoms in total. The maximum atomic E-state index is 5.28. The first-order valence-corrected chi connectivity index (χ1v) is 11.8. The number of benzene rings is 2. The molecule has 1 aromatic heterocycles. The molecule has 0 saturated carbocycles. The molecule has 0 bridgehead atoms. The van der Waals surface area contributed by atoms with Crippen LogP contribution in [0.1, 0.15) is 25.3 Å². The van der Waals surface area contributed by atoms with Crippen molar-refractivity contribution in [1.29, 1.82) is 0 Å². The highest BCUT2D eigenvalue weighted by atomic mass is 32.2. The topological polar surface area (TPSA) is 58.5 Å². The van der Waals surface area contributed by atoms with Crippen LogP contribution in [0.2, 0.25) is 0 Å². The molecule has 2 heterocycles. The van der Waals surface area contributed by atoms with Crippen LogP contribution in [0.25, 0.3) is 10.2 Å². The molecule has 0 radical (unpaired) electrons. The molecule has 0 amide bonds. The highest BCUT2D eigenvalue weighted by Crippen LogP contribution is 2.29. The van der Waals surface area contributed by atoms with Gasteiger partial charge in [-0.1, -0.05) is 48.6 Å². The summed E-state index contributed by atoms with van der Waals surface area (Å²) >= 11 is 3.48. The molecule has 3 aromatic rings. The zero-order chi connectivity index (χ0) is 20.1. The van der Waals surface area contributed by atoms with Gasteiger partial charge in [0.25, 0.3) is 0 Å². The normalized spacial score (nSPS) is 16.1. The molecule has 1 atom stereocenters. The maximum Gasteiger partial charge on any atom is 0.183 e. The third-order valence-corrected chi connectivity index (χ3v) is 6.83. The third-order valence-electron chi connectivity index (χ3n) is 4.82. The van der Waals surface area contributed by atoms with E-state index in [0.29, 0.717) is 6.04 Å². The van der Waals surface area contributed by atoms with Crippen molar-refractivity contribution in [3.8, 4) is 5.75 Å². The van der Waals surface area contributed by atoms with Gasteiger partial charge < -0.3 is 15.4 Å². The molecule has 0 spiro atoms. The minimum atomic E-state index is 0.474. The van der Waals surface area contributed by atoms with Gasteiger partial charge in [-0.3, -0.25) is 4.99 Å². The molecule has 2 aromatic carbocycles. The Labute approximate surface area is 180 Å². The number of methoxy groups -OCH3 is 1. The van der Waals surface area contributed by atoms with Gasteiger partial charge in [-0.05, 0) is 48.7 Å². The van der Waals surface area contributed by atoms with Gasteiger partial charge in [0.05, 0.1) is 23.4 Å². The van der Waals surface area contributed by atoms with Crippen LogP contribution in [0.3, 0.4) is 0 Å². The first kappa shape index (κ1) is 20.0. The summed E-state index contributed by atoms with van der Waals surface area (Å²) in [5.41, 5.74) is 3.41. The van der Waals surface area contributed by atoms with Gasteiger partial charge in [-0.2, -0.15) is 0 Å². The molecule has 0 saturated heterocycles. The van der Waals surface area contributed by atoms with Crippen LogP contribution >= 0.6 is 23.1 Å². The van der Waals surface area contributed by atoms with Crippen molar-refractivity contribution >= 4 is 49.3 Å². The van der Waals surface area contributed by atoms with E-state index in [1.807, 2.05) is 30.0 Å². The summed E-state index contributed by atoms with van der Waals surface area (Å²) in [5.74, 6) is 1.96. The number of nitrogens with zero attached hydrogens (tertiary/aromatic N) is 2. The average molecular weight is 427 g/mol. The first-order valence-electron chi connectivity index (χ1n) is 9.98. The number of anilines is 2. The lowest BCUT2D eigenvalue weighted by Gasteiger charge is -2.07. The fourth-order valence-corrected chi connectivity index (χ4v) is 5.19. The average Bonchev–Trinajstić information content (AvgIpc) is 3.35. The molecule has 7 heteroatoms. The third kappa shape index (κ3) is 5.22. The summed E-state index contributed by atoms with van der Waals surface area (Å²) in [7, 11) is 1.69. The van der Waals surface area contributed by atoms with E-state index < -0.39 is 0 Å². The fraction of sp³-hybridized carbons (Fsp3) is 0.364. The number of hydrogen-bond acceptors (Lipinski definition) is 7. The highest BCUT2D eigenvalue weighted by molar-refractivity contribution is 8.14. The van der Waals surface area contributed by atoms with Crippen LogP contribution in [0, 0.1) is 0 Å². The summed E-state index contributed by atoms with van der Waals surface area (Å²) in [6.07, 6.45) is 3.32. The van der Waals surface area contributed by atoms with Gasteiger partial charge in [0.1, 0.15) is 5.75 Å². The Morgan fingerprint density at radius 3 is 2.83 bits per heavy atom. The molecule has 29 heavy (non-hydrogen) atoms. The van der Waals surface area contributed by atoms with Crippen LogP contribution in [-0.2, 0) is 6.42 Å². The van der Waals surface area contributed by atoms with E-state index in [9.17, 15) is 0 Å². The largest absolute Gasteiger partial charge is 0.497 e. The number of aromatic nitrogens is 1. The molecule has 1 unspecified atom stereocenters. The molecular weight excluding hydrogens is 400 g/mol. The minimum absolute atomic E-state index is 0.474. The fourth-order valence-electron chi connectivity index (χ4n) is 3.26. The molecule has 2 N–H and O–H groups in total. The van der Waals surface area contributed by atoms with Gasteiger partial charge >= 0.3 is 0 Å². The van der Waals surface area contributed by atoms with Crippen molar-refractivity contribution < 1.29 is 4.74 Å². The van der Waals surface area contributed by atoms with Crippen molar-refractivity contribution in [3.63, 3.8) is 0 Å². The Morgan fingerprint density at radius 1 is 1.17 bits per heavy atom. The number of aliphatic imine (C=N–C) groups is 1. The van der Waals surface area contributed by atoms with Crippen LogP contribution in [0.15, 0.2) is 47.5 Å². The Bertz CT molecular complexity index is 984. The number of thiazole rings is 1. The number of fused-ring (bicyclic) bond motifs is 1. The van der Waals surface area contributed by atoms with Gasteiger partial charge in [0, 0.05) is 18.0 Å². The van der Waals surface area contributed by atoms with Gasteiger partial charge in [-0.15, -0.1) is 0 Å². The Hall–Kier alpha value is -2.25. The summed E-state index contributed by atoms with van der Waals surface area (Å²) in [6, 6.07) is 15.1. The lowest BCUT2D eigenvalue weighted by Crippen LogP contribution is -2.06. The number of rotatable bonds is 8. The van der Waals surface area contributed by atoms with Crippen LogP contribution < -0.4 is 15.4 Å². The van der Waals surface area contributed by atoms with Crippen molar-refractivity contribution in [1.82, 2.24) is 4.98 Å². The van der Waals surface area contributed by atoms with Crippen molar-refractivity contribution in [3.05, 3.63) is 48.0 Å². The molecule has 0 fully saturated rings. The maximum absolute atomic E-state index is 5.28. The standard InChI is InChI=1S/C22H26N4OS2/c1-3-4-17-14-28-22(25-17)24-16-7-5-15(6-8-16)11-12-23-21-26-19-10-9-18(27-2)13-20(19)29-21/h5-10,13,17H,3-4,11-12,14H2,1-2H3,(H,23,26)(H,24,25). The lowest BCUT2D eigenvalue weighted by molar-refractivity contribution is 0.415. The Morgan fingerprint density at radius 2 is 2.03 bits per heavy atom. The predicted octanol–water partition coefficient (Wildman–Crippen LogP) is 5.64. The molecular formula is C22H26N4OS2. The van der Waals surface area contributed by atoms with Gasteiger partial charge in [0.2, 0.25) is 0 Å². The van der Waals surface area contributed by atoms with E-state index in [1.165, 1.54) is 18.4 Å². The first-order chi connectivity index (χ1) is 14.2. The zero-order valence-corrected chi connectivity index (χ0v) is 18.4. The second kappa shape index (κ2) is 9.50. The summed E-state index contributed by atoms with van der Waals surface area (Å²) < 4.78 is 6.42. The van der Waals surface area contributed by atoms with Crippen molar-refractivity contribution in [2.75, 3.05) is 30.0 Å². The van der Waals surface area contributed by atoms with Crippen molar-refractivity contribution in [2.45, 2.75) is 32.2 Å². The number of nitrogens with one attached hydrogen (secondary N) is 2. The Kier molecular flexibility index (Phi) is 6.56. The molecule has 1 aliphatic heterocycles. The summed E-state index contributed by atoms with van der Waals surface area (Å²) in [5, 5.41) is 8.88. The quantitative estimate of drug-likeness (QED) is 0.488. The zero-order valence-electron chi connectivity index (χ0n) is 16.8. The van der Waals surface area contributed by atoms with E-state index in [1.54, 1.807) is 18.4 Å². The number of amidine groups is 1. The van der Waals surface area contributed by atoms with Crippen molar-refractivity contribution in [2.24, 2.45) is 4.99 Å². The predicted molar refractivity (Wildman–Crippen MR) is 127 cm³/mol. The number of thioether (sulfide) groups is 1. The van der Waals surface area contributed by atoms with Crippen LogP contribution in [-0.4, -0.2) is 35.6 Å². The van der Waals surface area contributed by atoms with E-state index in [2.05, 4.69) is 46.8 Å². The second-order valence-corrected chi connectivity index (χ2v) is 9.08. The van der Waals surface area contributed by atoms with E-state index >= 15 is 0 Å². The lowest BCUT2D eigenvalue weighted by atomic mass is 10.1. The van der Waals surface area contributed by atoms with E-state index in [-0.39, 0.29) is 0 Å². The Balaban J connectivity index is 1.28. The van der Waals surface area contributed by atoms with Crippen LogP contribution in [0.5, 0.6) is 5.75 Å². The van der Waals surface area contributed by atoms with Crippen LogP contribution in [0.4, 0.5) is 10.8 Å².